The summed E-state index contributed by atoms with van der Waals surface area (Å²) in [5.41, 5.74) is -0.428. The molecule has 0 heterocycles. The Hall–Kier alpha value is -1.10. The predicted molar refractivity (Wildman–Crippen MR) is 62.5 cm³/mol. The van der Waals surface area contributed by atoms with Gasteiger partial charge < -0.3 is 14.7 Å². The minimum absolute atomic E-state index is 0.0953. The summed E-state index contributed by atoms with van der Waals surface area (Å²) < 4.78 is 5.17. The molecule has 5 nitrogen and oxygen atoms in total. The van der Waals surface area contributed by atoms with E-state index in [1.54, 1.807) is 11.9 Å². The zero-order valence-electron chi connectivity index (χ0n) is 10.9. The van der Waals surface area contributed by atoms with Gasteiger partial charge in [-0.3, -0.25) is 9.59 Å². The summed E-state index contributed by atoms with van der Waals surface area (Å²) >= 11 is 0. The van der Waals surface area contributed by atoms with E-state index in [9.17, 15) is 9.59 Å². The first-order valence-electron chi connectivity index (χ1n) is 5.89. The third-order valence-corrected chi connectivity index (χ3v) is 3.51. The van der Waals surface area contributed by atoms with Crippen molar-refractivity contribution in [3.05, 3.63) is 0 Å². The number of carboxylic acids is 1. The Morgan fingerprint density at radius 3 is 2.35 bits per heavy atom. The molecule has 1 aliphatic rings. The fraction of sp³-hybridized carbons (Fsp3) is 0.833. The van der Waals surface area contributed by atoms with Gasteiger partial charge in [-0.1, -0.05) is 13.8 Å². The van der Waals surface area contributed by atoms with Gasteiger partial charge in [0.1, 0.15) is 0 Å². The van der Waals surface area contributed by atoms with E-state index in [4.69, 9.17) is 9.84 Å². The number of carbonyl (C=O) groups is 2. The highest BCUT2D eigenvalue weighted by Crippen LogP contribution is 2.58. The standard InChI is InChI=1S/C12H21NO4/c1-5-17-7-6-13(4)10(14)8-9(11(15)16)12(8,2)3/h8-9H,5-7H2,1-4H3,(H,15,16)/t8-,9+/m1/s1. The second kappa shape index (κ2) is 5.04. The number of ether oxygens (including phenoxy) is 1. The maximum absolute atomic E-state index is 12.0. The quantitative estimate of drug-likeness (QED) is 0.702. The third kappa shape index (κ3) is 2.77. The first-order chi connectivity index (χ1) is 7.84. The van der Waals surface area contributed by atoms with Crippen molar-refractivity contribution >= 4 is 11.9 Å². The second-order valence-electron chi connectivity index (χ2n) is 5.07. The lowest BCUT2D eigenvalue weighted by Gasteiger charge is -2.17. The molecule has 0 bridgehead atoms. The maximum Gasteiger partial charge on any atom is 0.307 e. The molecule has 0 aromatic heterocycles. The molecule has 0 aromatic rings. The SMILES string of the molecule is CCOCCN(C)C(=O)[C@H]1[C@@H](C(=O)O)C1(C)C. The van der Waals surface area contributed by atoms with Gasteiger partial charge in [-0.2, -0.15) is 0 Å². The van der Waals surface area contributed by atoms with Crippen LogP contribution >= 0.6 is 0 Å². The highest BCUT2D eigenvalue weighted by molar-refractivity contribution is 5.91. The van der Waals surface area contributed by atoms with Crippen LogP contribution in [0.25, 0.3) is 0 Å². The largest absolute Gasteiger partial charge is 0.481 e. The molecule has 5 heteroatoms. The Bertz CT molecular complexity index is 314. The lowest BCUT2D eigenvalue weighted by molar-refractivity contribution is -0.141. The van der Waals surface area contributed by atoms with Crippen LogP contribution in [0, 0.1) is 17.3 Å². The van der Waals surface area contributed by atoms with E-state index in [-0.39, 0.29) is 5.91 Å². The molecule has 0 saturated heterocycles. The maximum atomic E-state index is 12.0. The van der Waals surface area contributed by atoms with E-state index in [2.05, 4.69) is 0 Å². The lowest BCUT2D eigenvalue weighted by Crippen LogP contribution is -2.33. The Morgan fingerprint density at radius 2 is 1.94 bits per heavy atom. The van der Waals surface area contributed by atoms with Gasteiger partial charge >= 0.3 is 5.97 Å². The zero-order chi connectivity index (χ0) is 13.2. The number of carbonyl (C=O) groups excluding carboxylic acids is 1. The van der Waals surface area contributed by atoms with Crippen LogP contribution in [0.2, 0.25) is 0 Å². The number of hydrogen-bond donors (Lipinski definition) is 1. The minimum Gasteiger partial charge on any atom is -0.481 e. The molecule has 1 N–H and O–H groups in total. The van der Waals surface area contributed by atoms with Crippen molar-refractivity contribution in [3.8, 4) is 0 Å². The Morgan fingerprint density at radius 1 is 1.35 bits per heavy atom. The normalized spacial score (nSPS) is 25.4. The van der Waals surface area contributed by atoms with Crippen molar-refractivity contribution in [3.63, 3.8) is 0 Å². The molecule has 0 unspecified atom stereocenters. The number of nitrogens with zero attached hydrogens (tertiary/aromatic N) is 1. The van der Waals surface area contributed by atoms with E-state index in [0.717, 1.165) is 0 Å². The van der Waals surface area contributed by atoms with Crippen LogP contribution < -0.4 is 0 Å². The molecule has 17 heavy (non-hydrogen) atoms. The average molecular weight is 243 g/mol. The Balaban J connectivity index is 2.51. The van der Waals surface area contributed by atoms with E-state index in [1.807, 2.05) is 20.8 Å². The molecular formula is C12H21NO4. The second-order valence-corrected chi connectivity index (χ2v) is 5.07. The molecule has 1 fully saturated rings. The van der Waals surface area contributed by atoms with E-state index in [0.29, 0.717) is 19.8 Å². The van der Waals surface area contributed by atoms with Crippen molar-refractivity contribution in [1.82, 2.24) is 4.90 Å². The summed E-state index contributed by atoms with van der Waals surface area (Å²) in [4.78, 5) is 24.6. The monoisotopic (exact) mass is 243 g/mol. The van der Waals surface area contributed by atoms with Crippen molar-refractivity contribution in [2.45, 2.75) is 20.8 Å². The first kappa shape index (κ1) is 14.0. The van der Waals surface area contributed by atoms with Gasteiger partial charge in [-0.15, -0.1) is 0 Å². The van der Waals surface area contributed by atoms with Gasteiger partial charge in [-0.05, 0) is 12.3 Å². The van der Waals surface area contributed by atoms with Gasteiger partial charge in [0.25, 0.3) is 0 Å². The molecule has 1 saturated carbocycles. The summed E-state index contributed by atoms with van der Waals surface area (Å²) in [5, 5.41) is 9.01. The highest BCUT2D eigenvalue weighted by Gasteiger charge is 2.66. The number of hydrogen-bond acceptors (Lipinski definition) is 3. The van der Waals surface area contributed by atoms with Crippen molar-refractivity contribution in [2.75, 3.05) is 26.8 Å². The fourth-order valence-electron chi connectivity index (χ4n) is 2.25. The lowest BCUT2D eigenvalue weighted by atomic mass is 10.1. The zero-order valence-corrected chi connectivity index (χ0v) is 10.9. The average Bonchev–Trinajstić information content (AvgIpc) is 2.80. The van der Waals surface area contributed by atoms with Gasteiger partial charge in [0, 0.05) is 20.2 Å². The Labute approximate surface area is 102 Å². The van der Waals surface area contributed by atoms with Crippen LogP contribution in [0.3, 0.4) is 0 Å². The van der Waals surface area contributed by atoms with Crippen LogP contribution in [0.15, 0.2) is 0 Å². The first-order valence-corrected chi connectivity index (χ1v) is 5.89. The summed E-state index contributed by atoms with van der Waals surface area (Å²) in [7, 11) is 1.69. The van der Waals surface area contributed by atoms with Crippen molar-refractivity contribution in [1.29, 1.82) is 0 Å². The number of amides is 1. The summed E-state index contributed by atoms with van der Waals surface area (Å²) in [6, 6.07) is 0. The van der Waals surface area contributed by atoms with Crippen molar-refractivity contribution in [2.24, 2.45) is 17.3 Å². The van der Waals surface area contributed by atoms with Crippen LogP contribution in [0.4, 0.5) is 0 Å². The summed E-state index contributed by atoms with van der Waals surface area (Å²) in [6.45, 7) is 7.16. The van der Waals surface area contributed by atoms with Crippen LogP contribution in [0.5, 0.6) is 0 Å². The molecule has 0 aromatic carbocycles. The van der Waals surface area contributed by atoms with Gasteiger partial charge in [-0.25, -0.2) is 0 Å². The van der Waals surface area contributed by atoms with Gasteiger partial charge in [0.15, 0.2) is 0 Å². The minimum atomic E-state index is -0.883. The molecule has 1 rings (SSSR count). The molecule has 0 aliphatic heterocycles. The third-order valence-electron chi connectivity index (χ3n) is 3.51. The Kier molecular flexibility index (Phi) is 4.14. The molecule has 2 atom stereocenters. The fourth-order valence-corrected chi connectivity index (χ4v) is 2.25. The molecule has 1 amide bonds. The number of aliphatic carboxylic acids is 1. The molecular weight excluding hydrogens is 222 g/mol. The smallest absolute Gasteiger partial charge is 0.307 e. The molecule has 0 radical (unpaired) electrons. The van der Waals surface area contributed by atoms with Gasteiger partial charge in [0.2, 0.25) is 5.91 Å². The topological polar surface area (TPSA) is 66.8 Å². The highest BCUT2D eigenvalue weighted by atomic mass is 16.5. The van der Waals surface area contributed by atoms with Gasteiger partial charge in [0.05, 0.1) is 18.4 Å². The summed E-state index contributed by atoms with van der Waals surface area (Å²) in [5.74, 6) is -1.93. The van der Waals surface area contributed by atoms with Crippen molar-refractivity contribution < 1.29 is 19.4 Å². The summed E-state index contributed by atoms with van der Waals surface area (Å²) in [6.07, 6.45) is 0. The van der Waals surface area contributed by atoms with Crippen LogP contribution in [-0.2, 0) is 14.3 Å². The van der Waals surface area contributed by atoms with E-state index >= 15 is 0 Å². The van der Waals surface area contributed by atoms with E-state index < -0.39 is 23.2 Å². The number of likely N-dealkylation sites (N-methyl/N-ethyl adjacent to an activating group) is 1. The number of carboxylic acid groups (broad SMARTS) is 1. The molecule has 0 spiro atoms. The predicted octanol–water partition coefficient (Wildman–Crippen LogP) is 0.838. The van der Waals surface area contributed by atoms with Crippen LogP contribution in [-0.4, -0.2) is 48.7 Å². The molecule has 98 valence electrons. The van der Waals surface area contributed by atoms with Crippen LogP contribution in [0.1, 0.15) is 20.8 Å². The molecule has 1 aliphatic carbocycles. The number of rotatable bonds is 6. The van der Waals surface area contributed by atoms with E-state index in [1.165, 1.54) is 0 Å².